The normalized spacial score (nSPS) is 18.6. The first-order valence-electron chi connectivity index (χ1n) is 8.03. The number of carbonyl (C=O) groups excluding carboxylic acids is 1. The predicted molar refractivity (Wildman–Crippen MR) is 89.0 cm³/mol. The van der Waals surface area contributed by atoms with E-state index < -0.39 is 0 Å². The van der Waals surface area contributed by atoms with E-state index in [1.807, 2.05) is 36.2 Å². The van der Waals surface area contributed by atoms with Crippen molar-refractivity contribution in [3.05, 3.63) is 54.6 Å². The molecule has 0 saturated heterocycles. The Morgan fingerprint density at radius 3 is 2.70 bits per heavy atom. The average Bonchev–Trinajstić information content (AvgIpc) is 3.15. The Bertz CT molecular complexity index is 676. The molecule has 1 heterocycles. The molecule has 1 amide bonds. The number of benzene rings is 1. The van der Waals surface area contributed by atoms with Crippen LogP contribution in [0, 0.1) is 5.92 Å². The molecule has 0 fully saturated rings. The van der Waals surface area contributed by atoms with Gasteiger partial charge in [0.2, 0.25) is 5.91 Å². The number of allylic oxidation sites excluding steroid dienone is 2. The summed E-state index contributed by atoms with van der Waals surface area (Å²) < 4.78 is 1.72. The van der Waals surface area contributed by atoms with Crippen LogP contribution in [0.2, 0.25) is 0 Å². The molecule has 3 rings (SSSR count). The number of hydrogen-bond acceptors (Lipinski definition) is 3. The van der Waals surface area contributed by atoms with E-state index in [9.17, 15) is 4.79 Å². The van der Waals surface area contributed by atoms with E-state index in [0.29, 0.717) is 0 Å². The van der Waals surface area contributed by atoms with Crippen molar-refractivity contribution in [3.8, 4) is 5.69 Å². The SMILES string of the molecule is C[C@@H](c1ccc(-n2cncn2)cc1)N(C)C(=O)[C@@H]1CC=CCC1. The zero-order valence-electron chi connectivity index (χ0n) is 13.6. The van der Waals surface area contributed by atoms with Crippen molar-refractivity contribution in [3.63, 3.8) is 0 Å². The standard InChI is InChI=1S/C18H22N4O/c1-14(21(2)18(23)16-6-4-3-5-7-16)15-8-10-17(11-9-15)22-13-19-12-20-22/h3-4,8-14,16H,5-7H2,1-2H3/t14-,16+/m0/s1. The molecule has 0 unspecified atom stereocenters. The van der Waals surface area contributed by atoms with Crippen LogP contribution in [-0.4, -0.2) is 32.6 Å². The molecular formula is C18H22N4O. The molecule has 1 aliphatic rings. The Labute approximate surface area is 136 Å². The zero-order chi connectivity index (χ0) is 16.2. The Hall–Kier alpha value is -2.43. The summed E-state index contributed by atoms with van der Waals surface area (Å²) in [6, 6.07) is 8.15. The first-order chi connectivity index (χ1) is 11.2. The second-order valence-electron chi connectivity index (χ2n) is 6.04. The van der Waals surface area contributed by atoms with Gasteiger partial charge in [0.05, 0.1) is 11.7 Å². The van der Waals surface area contributed by atoms with Gasteiger partial charge >= 0.3 is 0 Å². The molecule has 0 bridgehead atoms. The van der Waals surface area contributed by atoms with Gasteiger partial charge in [-0.3, -0.25) is 4.79 Å². The molecule has 0 radical (unpaired) electrons. The van der Waals surface area contributed by atoms with Crippen molar-refractivity contribution >= 4 is 5.91 Å². The highest BCUT2D eigenvalue weighted by atomic mass is 16.2. The lowest BCUT2D eigenvalue weighted by molar-refractivity contribution is -0.136. The van der Waals surface area contributed by atoms with Crippen molar-refractivity contribution in [1.82, 2.24) is 19.7 Å². The van der Waals surface area contributed by atoms with Crippen LogP contribution >= 0.6 is 0 Å². The molecule has 5 heteroatoms. The first kappa shape index (κ1) is 15.5. The molecule has 0 spiro atoms. The molecule has 2 atom stereocenters. The lowest BCUT2D eigenvalue weighted by Gasteiger charge is -2.30. The number of hydrogen-bond donors (Lipinski definition) is 0. The van der Waals surface area contributed by atoms with Crippen LogP contribution in [0.25, 0.3) is 5.69 Å². The molecule has 1 aromatic carbocycles. The van der Waals surface area contributed by atoms with Gasteiger partial charge in [-0.25, -0.2) is 9.67 Å². The number of rotatable bonds is 4. The summed E-state index contributed by atoms with van der Waals surface area (Å²) in [5, 5.41) is 4.12. The summed E-state index contributed by atoms with van der Waals surface area (Å²) in [5.41, 5.74) is 2.08. The van der Waals surface area contributed by atoms with Gasteiger partial charge in [0.15, 0.2) is 0 Å². The average molecular weight is 310 g/mol. The molecule has 0 aliphatic heterocycles. The van der Waals surface area contributed by atoms with E-state index in [0.717, 1.165) is 30.5 Å². The summed E-state index contributed by atoms with van der Waals surface area (Å²) in [5.74, 6) is 0.365. The number of amides is 1. The minimum Gasteiger partial charge on any atom is -0.339 e. The van der Waals surface area contributed by atoms with E-state index in [1.54, 1.807) is 11.0 Å². The van der Waals surface area contributed by atoms with E-state index in [1.165, 1.54) is 6.33 Å². The molecule has 0 N–H and O–H groups in total. The highest BCUT2D eigenvalue weighted by Crippen LogP contribution is 2.26. The van der Waals surface area contributed by atoms with Crippen LogP contribution in [0.5, 0.6) is 0 Å². The topological polar surface area (TPSA) is 51.0 Å². The van der Waals surface area contributed by atoms with Gasteiger partial charge in [-0.15, -0.1) is 0 Å². The number of carbonyl (C=O) groups is 1. The molecular weight excluding hydrogens is 288 g/mol. The number of nitrogens with zero attached hydrogens (tertiary/aromatic N) is 4. The van der Waals surface area contributed by atoms with Crippen LogP contribution in [0.1, 0.15) is 37.8 Å². The maximum absolute atomic E-state index is 12.6. The molecule has 2 aromatic rings. The molecule has 23 heavy (non-hydrogen) atoms. The lowest BCUT2D eigenvalue weighted by Crippen LogP contribution is -2.35. The van der Waals surface area contributed by atoms with Crippen LogP contribution < -0.4 is 0 Å². The summed E-state index contributed by atoms with van der Waals surface area (Å²) in [4.78, 5) is 18.5. The highest BCUT2D eigenvalue weighted by molar-refractivity contribution is 5.79. The third kappa shape index (κ3) is 3.33. The highest BCUT2D eigenvalue weighted by Gasteiger charge is 2.25. The molecule has 1 aliphatic carbocycles. The third-order valence-electron chi connectivity index (χ3n) is 4.61. The monoisotopic (exact) mass is 310 g/mol. The van der Waals surface area contributed by atoms with Crippen LogP contribution in [0.4, 0.5) is 0 Å². The fourth-order valence-corrected chi connectivity index (χ4v) is 2.97. The van der Waals surface area contributed by atoms with Gasteiger partial charge in [-0.1, -0.05) is 24.3 Å². The largest absolute Gasteiger partial charge is 0.339 e. The van der Waals surface area contributed by atoms with E-state index >= 15 is 0 Å². The van der Waals surface area contributed by atoms with Crippen molar-refractivity contribution in [2.75, 3.05) is 7.05 Å². The van der Waals surface area contributed by atoms with Crippen LogP contribution in [0.3, 0.4) is 0 Å². The van der Waals surface area contributed by atoms with Crippen molar-refractivity contribution in [2.45, 2.75) is 32.2 Å². The van der Waals surface area contributed by atoms with Gasteiger partial charge in [0.1, 0.15) is 12.7 Å². The minimum atomic E-state index is 0.0539. The Morgan fingerprint density at radius 1 is 1.30 bits per heavy atom. The summed E-state index contributed by atoms with van der Waals surface area (Å²) >= 11 is 0. The van der Waals surface area contributed by atoms with Crippen LogP contribution in [0.15, 0.2) is 49.1 Å². The Kier molecular flexibility index (Phi) is 4.55. The summed E-state index contributed by atoms with van der Waals surface area (Å²) in [6.07, 6.45) is 10.3. The fraction of sp³-hybridized carbons (Fsp3) is 0.389. The zero-order valence-corrected chi connectivity index (χ0v) is 13.6. The van der Waals surface area contributed by atoms with Gasteiger partial charge < -0.3 is 4.90 Å². The maximum atomic E-state index is 12.6. The first-order valence-corrected chi connectivity index (χ1v) is 8.03. The predicted octanol–water partition coefficient (Wildman–Crippen LogP) is 3.14. The van der Waals surface area contributed by atoms with Gasteiger partial charge in [0, 0.05) is 13.0 Å². The molecule has 0 saturated carbocycles. The second kappa shape index (κ2) is 6.77. The van der Waals surface area contributed by atoms with E-state index in [2.05, 4.69) is 29.2 Å². The van der Waals surface area contributed by atoms with Gasteiger partial charge in [-0.2, -0.15) is 5.10 Å². The summed E-state index contributed by atoms with van der Waals surface area (Å²) in [6.45, 7) is 2.07. The number of aromatic nitrogens is 3. The van der Waals surface area contributed by atoms with E-state index in [-0.39, 0.29) is 17.9 Å². The fourth-order valence-electron chi connectivity index (χ4n) is 2.97. The van der Waals surface area contributed by atoms with Crippen LogP contribution in [-0.2, 0) is 4.79 Å². The molecule has 120 valence electrons. The summed E-state index contributed by atoms with van der Waals surface area (Å²) in [7, 11) is 1.90. The Morgan fingerprint density at radius 2 is 2.09 bits per heavy atom. The van der Waals surface area contributed by atoms with Crippen molar-refractivity contribution in [2.24, 2.45) is 5.92 Å². The second-order valence-corrected chi connectivity index (χ2v) is 6.04. The van der Waals surface area contributed by atoms with Crippen molar-refractivity contribution in [1.29, 1.82) is 0 Å². The molecule has 5 nitrogen and oxygen atoms in total. The third-order valence-corrected chi connectivity index (χ3v) is 4.61. The van der Waals surface area contributed by atoms with Crippen molar-refractivity contribution < 1.29 is 4.79 Å². The minimum absolute atomic E-state index is 0.0539. The van der Waals surface area contributed by atoms with Gasteiger partial charge in [-0.05, 0) is 43.9 Å². The van der Waals surface area contributed by atoms with Gasteiger partial charge in [0.25, 0.3) is 0 Å². The smallest absolute Gasteiger partial charge is 0.226 e. The van der Waals surface area contributed by atoms with E-state index in [4.69, 9.17) is 0 Å². The maximum Gasteiger partial charge on any atom is 0.226 e. The Balaban J connectivity index is 1.70. The molecule has 1 aromatic heterocycles. The quantitative estimate of drug-likeness (QED) is 0.815. The lowest BCUT2D eigenvalue weighted by atomic mass is 9.92.